The Bertz CT molecular complexity index is 582. The van der Waals surface area contributed by atoms with Crippen molar-refractivity contribution in [3.05, 3.63) is 29.3 Å². The highest BCUT2D eigenvalue weighted by Gasteiger charge is 2.11. The van der Waals surface area contributed by atoms with Crippen molar-refractivity contribution in [2.45, 2.75) is 26.7 Å². The number of sulfonamides is 1. The van der Waals surface area contributed by atoms with Crippen LogP contribution in [0.25, 0.3) is 0 Å². The van der Waals surface area contributed by atoms with Crippen molar-refractivity contribution in [1.82, 2.24) is 0 Å². The van der Waals surface area contributed by atoms with Crippen LogP contribution in [0.2, 0.25) is 0 Å². The zero-order valence-corrected chi connectivity index (χ0v) is 12.0. The molecule has 0 amide bonds. The quantitative estimate of drug-likeness (QED) is 0.810. The first-order chi connectivity index (χ1) is 8.98. The molecule has 1 rings (SSSR count). The molecule has 0 fully saturated rings. The minimum atomic E-state index is -3.32. The molecule has 0 unspecified atom stereocenters. The Morgan fingerprint density at radius 2 is 2.11 bits per heavy atom. The molecule has 0 bridgehead atoms. The summed E-state index contributed by atoms with van der Waals surface area (Å²) in [5.41, 5.74) is 2.13. The Balaban J connectivity index is 3.04. The smallest absolute Gasteiger partial charge is 0.232 e. The summed E-state index contributed by atoms with van der Waals surface area (Å²) in [6.07, 6.45) is 0.932. The van der Waals surface area contributed by atoms with Gasteiger partial charge >= 0.3 is 0 Å². The molecule has 5 heteroatoms. The van der Waals surface area contributed by atoms with Gasteiger partial charge in [-0.2, -0.15) is 0 Å². The van der Waals surface area contributed by atoms with Crippen molar-refractivity contribution in [1.29, 1.82) is 0 Å². The van der Waals surface area contributed by atoms with Gasteiger partial charge in [-0.15, -0.1) is 0 Å². The van der Waals surface area contributed by atoms with Crippen LogP contribution in [0.4, 0.5) is 5.69 Å². The predicted octanol–water partition coefficient (Wildman–Crippen LogP) is 1.88. The SMILES string of the molecule is CCCS(=O)(=O)Nc1ccc(C)cc1C#CCCO. The lowest BCUT2D eigenvalue weighted by molar-refractivity contribution is 0.305. The summed E-state index contributed by atoms with van der Waals surface area (Å²) >= 11 is 0. The highest BCUT2D eigenvalue weighted by atomic mass is 32.2. The molecule has 0 radical (unpaired) electrons. The first-order valence-corrected chi connectivity index (χ1v) is 7.84. The summed E-state index contributed by atoms with van der Waals surface area (Å²) in [7, 11) is -3.32. The van der Waals surface area contributed by atoms with Crippen LogP contribution in [-0.2, 0) is 10.0 Å². The fourth-order valence-electron chi connectivity index (χ4n) is 1.55. The van der Waals surface area contributed by atoms with E-state index in [1.54, 1.807) is 6.07 Å². The van der Waals surface area contributed by atoms with Crippen LogP contribution in [0.15, 0.2) is 18.2 Å². The van der Waals surface area contributed by atoms with Gasteiger partial charge in [-0.25, -0.2) is 8.42 Å². The molecule has 19 heavy (non-hydrogen) atoms. The number of hydrogen-bond donors (Lipinski definition) is 2. The lowest BCUT2D eigenvalue weighted by atomic mass is 10.1. The third-order valence-electron chi connectivity index (χ3n) is 2.37. The molecule has 1 aromatic rings. The van der Waals surface area contributed by atoms with Crippen molar-refractivity contribution in [3.63, 3.8) is 0 Å². The number of benzene rings is 1. The van der Waals surface area contributed by atoms with E-state index >= 15 is 0 Å². The Hall–Kier alpha value is -1.51. The molecule has 2 N–H and O–H groups in total. The van der Waals surface area contributed by atoms with Gasteiger partial charge in [0.15, 0.2) is 0 Å². The average molecular weight is 281 g/mol. The molecule has 0 spiro atoms. The zero-order valence-electron chi connectivity index (χ0n) is 11.2. The zero-order chi connectivity index (χ0) is 14.3. The van der Waals surface area contributed by atoms with E-state index in [0.717, 1.165) is 5.56 Å². The van der Waals surface area contributed by atoms with Gasteiger partial charge in [-0.1, -0.05) is 24.8 Å². The Kier molecular flexibility index (Phi) is 5.87. The van der Waals surface area contributed by atoms with Crippen LogP contribution in [-0.4, -0.2) is 25.9 Å². The van der Waals surface area contributed by atoms with E-state index in [1.165, 1.54) is 0 Å². The third-order valence-corrected chi connectivity index (χ3v) is 3.85. The van der Waals surface area contributed by atoms with Gasteiger partial charge in [0.2, 0.25) is 10.0 Å². The second-order valence-electron chi connectivity index (χ2n) is 4.25. The lowest BCUT2D eigenvalue weighted by Gasteiger charge is -2.09. The van der Waals surface area contributed by atoms with Crippen LogP contribution in [0, 0.1) is 18.8 Å². The van der Waals surface area contributed by atoms with Crippen LogP contribution in [0.3, 0.4) is 0 Å². The number of aliphatic hydroxyl groups excluding tert-OH is 1. The molecule has 0 aliphatic rings. The Labute approximate surface area is 114 Å². The van der Waals surface area contributed by atoms with E-state index in [9.17, 15) is 8.42 Å². The van der Waals surface area contributed by atoms with Crippen LogP contribution < -0.4 is 4.72 Å². The van der Waals surface area contributed by atoms with Gasteiger partial charge in [0.1, 0.15) is 0 Å². The van der Waals surface area contributed by atoms with Gasteiger partial charge in [-0.05, 0) is 31.0 Å². The summed E-state index contributed by atoms with van der Waals surface area (Å²) in [6.45, 7) is 3.73. The topological polar surface area (TPSA) is 66.4 Å². The fourth-order valence-corrected chi connectivity index (χ4v) is 2.70. The second-order valence-corrected chi connectivity index (χ2v) is 6.09. The third kappa shape index (κ3) is 5.33. The number of rotatable bonds is 5. The first kappa shape index (κ1) is 15.5. The summed E-state index contributed by atoms with van der Waals surface area (Å²) in [4.78, 5) is 0. The minimum absolute atomic E-state index is 0.00426. The van der Waals surface area contributed by atoms with E-state index in [2.05, 4.69) is 16.6 Å². The Morgan fingerprint density at radius 1 is 1.37 bits per heavy atom. The van der Waals surface area contributed by atoms with Gasteiger partial charge in [0, 0.05) is 12.0 Å². The fraction of sp³-hybridized carbons (Fsp3) is 0.429. The van der Waals surface area contributed by atoms with Crippen molar-refractivity contribution in [3.8, 4) is 11.8 Å². The van der Waals surface area contributed by atoms with Crippen molar-refractivity contribution in [2.75, 3.05) is 17.1 Å². The van der Waals surface area contributed by atoms with E-state index in [4.69, 9.17) is 5.11 Å². The molecule has 0 atom stereocenters. The normalized spacial score (nSPS) is 10.7. The molecule has 0 saturated carbocycles. The van der Waals surface area contributed by atoms with Gasteiger partial charge in [0.25, 0.3) is 0 Å². The molecule has 0 aliphatic carbocycles. The predicted molar refractivity (Wildman–Crippen MR) is 77.5 cm³/mol. The van der Waals surface area contributed by atoms with Crippen LogP contribution >= 0.6 is 0 Å². The molecular weight excluding hydrogens is 262 g/mol. The van der Waals surface area contributed by atoms with Crippen molar-refractivity contribution >= 4 is 15.7 Å². The average Bonchev–Trinajstić information content (AvgIpc) is 2.32. The standard InChI is InChI=1S/C14H19NO3S/c1-3-10-19(17,18)15-14-8-7-12(2)11-13(14)6-4-5-9-16/h7-8,11,15-16H,3,5,9-10H2,1-2H3. The first-order valence-electron chi connectivity index (χ1n) is 6.19. The summed E-state index contributed by atoms with van der Waals surface area (Å²) < 4.78 is 26.1. The van der Waals surface area contributed by atoms with Crippen molar-refractivity contribution in [2.24, 2.45) is 0 Å². The maximum Gasteiger partial charge on any atom is 0.232 e. The van der Waals surface area contributed by atoms with Gasteiger partial charge in [-0.3, -0.25) is 4.72 Å². The highest BCUT2D eigenvalue weighted by molar-refractivity contribution is 7.92. The minimum Gasteiger partial charge on any atom is -0.395 e. The molecule has 1 aromatic carbocycles. The largest absolute Gasteiger partial charge is 0.395 e. The van der Waals surface area contributed by atoms with E-state index in [-0.39, 0.29) is 12.4 Å². The number of aliphatic hydroxyl groups is 1. The van der Waals surface area contributed by atoms with Gasteiger partial charge in [0.05, 0.1) is 18.0 Å². The highest BCUT2D eigenvalue weighted by Crippen LogP contribution is 2.18. The molecule has 0 saturated heterocycles. The number of anilines is 1. The summed E-state index contributed by atoms with van der Waals surface area (Å²) in [5.74, 6) is 5.77. The number of hydrogen-bond acceptors (Lipinski definition) is 3. The number of nitrogens with one attached hydrogen (secondary N) is 1. The van der Waals surface area contributed by atoms with E-state index < -0.39 is 10.0 Å². The van der Waals surface area contributed by atoms with Gasteiger partial charge < -0.3 is 5.11 Å². The lowest BCUT2D eigenvalue weighted by Crippen LogP contribution is -2.16. The summed E-state index contributed by atoms with van der Waals surface area (Å²) in [6, 6.07) is 5.38. The second kappa shape index (κ2) is 7.17. The van der Waals surface area contributed by atoms with Crippen LogP contribution in [0.5, 0.6) is 0 Å². The maximum absolute atomic E-state index is 11.8. The molecule has 4 nitrogen and oxygen atoms in total. The molecule has 0 aromatic heterocycles. The van der Waals surface area contributed by atoms with E-state index in [0.29, 0.717) is 24.1 Å². The van der Waals surface area contributed by atoms with E-state index in [1.807, 2.05) is 26.0 Å². The molecule has 0 aliphatic heterocycles. The summed E-state index contributed by atoms with van der Waals surface area (Å²) in [5, 5.41) is 8.71. The maximum atomic E-state index is 11.8. The molecular formula is C14H19NO3S. The Morgan fingerprint density at radius 3 is 2.74 bits per heavy atom. The number of aryl methyl sites for hydroxylation is 1. The molecule has 104 valence electrons. The van der Waals surface area contributed by atoms with Crippen LogP contribution in [0.1, 0.15) is 30.9 Å². The molecule has 0 heterocycles. The monoisotopic (exact) mass is 281 g/mol. The van der Waals surface area contributed by atoms with Crippen molar-refractivity contribution < 1.29 is 13.5 Å².